The summed E-state index contributed by atoms with van der Waals surface area (Å²) in [5.41, 5.74) is 1.78. The summed E-state index contributed by atoms with van der Waals surface area (Å²) in [7, 11) is 0. The lowest BCUT2D eigenvalue weighted by Gasteiger charge is -2.12. The quantitative estimate of drug-likeness (QED) is 0.737. The summed E-state index contributed by atoms with van der Waals surface area (Å²) in [6, 6.07) is 12.5. The van der Waals surface area contributed by atoms with Gasteiger partial charge in [0.2, 0.25) is 0 Å². The summed E-state index contributed by atoms with van der Waals surface area (Å²) in [4.78, 5) is 0. The van der Waals surface area contributed by atoms with Crippen LogP contribution in [0.5, 0.6) is 11.5 Å². The number of aryl methyl sites for hydroxylation is 1. The fourth-order valence-electron chi connectivity index (χ4n) is 1.55. The maximum atomic E-state index is 13.7. The highest BCUT2D eigenvalue weighted by atomic mass is 79.9. The molecule has 0 spiro atoms. The molecular weight excluding hydrogens is 283 g/mol. The second-order valence-corrected chi connectivity index (χ2v) is 4.29. The molecule has 0 aliphatic rings. The van der Waals surface area contributed by atoms with Gasteiger partial charge in [0.25, 0.3) is 0 Å². The number of hydrogen-bond donors (Lipinski definition) is 0. The van der Waals surface area contributed by atoms with Crippen LogP contribution in [0.15, 0.2) is 42.5 Å². The number of rotatable bonds is 3. The molecule has 0 fully saturated rings. The lowest BCUT2D eigenvalue weighted by Crippen LogP contribution is -1.94. The Balaban J connectivity index is 2.39. The molecule has 2 aromatic rings. The molecule has 0 radical (unpaired) electrons. The Hall–Kier alpha value is -1.35. The van der Waals surface area contributed by atoms with Gasteiger partial charge in [0.05, 0.1) is 0 Å². The first-order valence-corrected chi connectivity index (χ1v) is 6.41. The number of hydrogen-bond acceptors (Lipinski definition) is 1. The van der Waals surface area contributed by atoms with Crippen molar-refractivity contribution in [3.05, 3.63) is 59.4 Å². The van der Waals surface area contributed by atoms with E-state index in [0.29, 0.717) is 16.8 Å². The third kappa shape index (κ3) is 2.67. The first kappa shape index (κ1) is 12.1. The highest BCUT2D eigenvalue weighted by molar-refractivity contribution is 9.08. The first-order valence-electron chi connectivity index (χ1n) is 5.29. The highest BCUT2D eigenvalue weighted by Gasteiger charge is 2.10. The van der Waals surface area contributed by atoms with E-state index < -0.39 is 0 Å². The van der Waals surface area contributed by atoms with E-state index in [4.69, 9.17) is 4.74 Å². The van der Waals surface area contributed by atoms with Crippen LogP contribution >= 0.6 is 15.9 Å². The smallest absolute Gasteiger partial charge is 0.167 e. The van der Waals surface area contributed by atoms with E-state index in [0.717, 1.165) is 11.1 Å². The number of alkyl halides is 1. The third-order valence-electron chi connectivity index (χ3n) is 2.50. The molecule has 0 unspecified atom stereocenters. The van der Waals surface area contributed by atoms with Crippen LogP contribution in [0.3, 0.4) is 0 Å². The van der Waals surface area contributed by atoms with Crippen molar-refractivity contribution in [1.29, 1.82) is 0 Å². The largest absolute Gasteiger partial charge is 0.454 e. The van der Waals surface area contributed by atoms with E-state index in [1.807, 2.05) is 37.3 Å². The van der Waals surface area contributed by atoms with Gasteiger partial charge in [-0.25, -0.2) is 4.39 Å². The molecule has 0 N–H and O–H groups in total. The van der Waals surface area contributed by atoms with E-state index in [1.54, 1.807) is 6.07 Å². The van der Waals surface area contributed by atoms with Crippen molar-refractivity contribution in [2.45, 2.75) is 12.3 Å². The minimum atomic E-state index is -0.342. The molecule has 1 nitrogen and oxygen atoms in total. The molecule has 3 heteroatoms. The van der Waals surface area contributed by atoms with E-state index in [9.17, 15) is 4.39 Å². The van der Waals surface area contributed by atoms with Gasteiger partial charge >= 0.3 is 0 Å². The standard InChI is InChI=1S/C14H12BrFO/c1-10-5-2-3-8-13(10)17-14-11(9-15)6-4-7-12(14)16/h2-8H,9H2,1H3. The molecule has 0 aliphatic heterocycles. The molecular formula is C14H12BrFO. The molecule has 0 aromatic heterocycles. The third-order valence-corrected chi connectivity index (χ3v) is 3.10. The van der Waals surface area contributed by atoms with Crippen molar-refractivity contribution < 1.29 is 9.13 Å². The Morgan fingerprint density at radius 3 is 2.59 bits per heavy atom. The molecule has 0 aliphatic carbocycles. The van der Waals surface area contributed by atoms with E-state index in [-0.39, 0.29) is 5.82 Å². The molecule has 0 heterocycles. The van der Waals surface area contributed by atoms with Crippen molar-refractivity contribution in [3.63, 3.8) is 0 Å². The van der Waals surface area contributed by atoms with Gasteiger partial charge in [0, 0.05) is 10.9 Å². The summed E-state index contributed by atoms with van der Waals surface area (Å²) in [6.45, 7) is 1.93. The van der Waals surface area contributed by atoms with E-state index in [1.165, 1.54) is 6.07 Å². The fourth-order valence-corrected chi connectivity index (χ4v) is 2.00. The van der Waals surface area contributed by atoms with Gasteiger partial charge in [-0.3, -0.25) is 0 Å². The van der Waals surface area contributed by atoms with Crippen LogP contribution in [-0.4, -0.2) is 0 Å². The Morgan fingerprint density at radius 2 is 1.88 bits per heavy atom. The zero-order valence-electron chi connectivity index (χ0n) is 9.41. The van der Waals surface area contributed by atoms with Gasteiger partial charge in [-0.2, -0.15) is 0 Å². The molecule has 2 rings (SSSR count). The summed E-state index contributed by atoms with van der Waals surface area (Å²) in [5, 5.41) is 0.561. The fraction of sp³-hybridized carbons (Fsp3) is 0.143. The summed E-state index contributed by atoms with van der Waals surface area (Å²) in [5.74, 6) is 0.628. The predicted octanol–water partition coefficient (Wildman–Crippen LogP) is 4.82. The Labute approximate surface area is 108 Å². The van der Waals surface area contributed by atoms with E-state index >= 15 is 0 Å². The van der Waals surface area contributed by atoms with Crippen molar-refractivity contribution >= 4 is 15.9 Å². The number of benzene rings is 2. The second kappa shape index (κ2) is 5.32. The molecule has 17 heavy (non-hydrogen) atoms. The maximum absolute atomic E-state index is 13.7. The van der Waals surface area contributed by atoms with Crippen molar-refractivity contribution in [2.24, 2.45) is 0 Å². The normalized spacial score (nSPS) is 10.3. The zero-order chi connectivity index (χ0) is 12.3. The summed E-state index contributed by atoms with van der Waals surface area (Å²) >= 11 is 3.33. The Bertz CT molecular complexity index is 525. The molecule has 2 aromatic carbocycles. The molecule has 0 atom stereocenters. The SMILES string of the molecule is Cc1ccccc1Oc1c(F)cccc1CBr. The topological polar surface area (TPSA) is 9.23 Å². The van der Waals surface area contributed by atoms with Crippen molar-refractivity contribution in [2.75, 3.05) is 0 Å². The summed E-state index contributed by atoms with van der Waals surface area (Å²) in [6.07, 6.45) is 0. The van der Waals surface area contributed by atoms with Gasteiger partial charge in [0.15, 0.2) is 11.6 Å². The second-order valence-electron chi connectivity index (χ2n) is 3.73. The van der Waals surface area contributed by atoms with Crippen LogP contribution in [-0.2, 0) is 5.33 Å². The highest BCUT2D eigenvalue weighted by Crippen LogP contribution is 2.31. The van der Waals surface area contributed by atoms with Gasteiger partial charge < -0.3 is 4.74 Å². The van der Waals surface area contributed by atoms with Crippen LogP contribution in [0.2, 0.25) is 0 Å². The molecule has 0 amide bonds. The number of para-hydroxylation sites is 2. The average molecular weight is 295 g/mol. The van der Waals surface area contributed by atoms with Crippen LogP contribution in [0, 0.1) is 12.7 Å². The van der Waals surface area contributed by atoms with Crippen LogP contribution < -0.4 is 4.74 Å². The maximum Gasteiger partial charge on any atom is 0.167 e. The van der Waals surface area contributed by atoms with Gasteiger partial charge in [-0.05, 0) is 24.6 Å². The number of halogens is 2. The monoisotopic (exact) mass is 294 g/mol. The lowest BCUT2D eigenvalue weighted by molar-refractivity contribution is 0.436. The van der Waals surface area contributed by atoms with Crippen molar-refractivity contribution in [1.82, 2.24) is 0 Å². The van der Waals surface area contributed by atoms with Gasteiger partial charge in [0.1, 0.15) is 5.75 Å². The van der Waals surface area contributed by atoms with Crippen LogP contribution in [0.1, 0.15) is 11.1 Å². The predicted molar refractivity (Wildman–Crippen MR) is 70.3 cm³/mol. The minimum absolute atomic E-state index is 0.290. The Morgan fingerprint density at radius 1 is 1.12 bits per heavy atom. The first-order chi connectivity index (χ1) is 8.22. The Kier molecular flexibility index (Phi) is 3.79. The van der Waals surface area contributed by atoms with Crippen LogP contribution in [0.4, 0.5) is 4.39 Å². The lowest BCUT2D eigenvalue weighted by atomic mass is 10.2. The zero-order valence-corrected chi connectivity index (χ0v) is 11.0. The molecule has 88 valence electrons. The average Bonchev–Trinajstić information content (AvgIpc) is 2.34. The molecule has 0 bridgehead atoms. The van der Waals surface area contributed by atoms with Gasteiger partial charge in [-0.15, -0.1) is 0 Å². The van der Waals surface area contributed by atoms with Gasteiger partial charge in [-0.1, -0.05) is 46.3 Å². The molecule has 0 saturated carbocycles. The van der Waals surface area contributed by atoms with Crippen LogP contribution in [0.25, 0.3) is 0 Å². The number of ether oxygens (including phenoxy) is 1. The van der Waals surface area contributed by atoms with E-state index in [2.05, 4.69) is 15.9 Å². The molecule has 0 saturated heterocycles. The summed E-state index contributed by atoms with van der Waals surface area (Å²) < 4.78 is 19.4. The van der Waals surface area contributed by atoms with Crippen molar-refractivity contribution in [3.8, 4) is 11.5 Å². The minimum Gasteiger partial charge on any atom is -0.454 e.